The van der Waals surface area contributed by atoms with Crippen LogP contribution >= 0.6 is 0 Å². The van der Waals surface area contributed by atoms with Crippen LogP contribution in [0.1, 0.15) is 32.0 Å². The lowest BCUT2D eigenvalue weighted by Crippen LogP contribution is -2.30. The number of carbonyl (C=O) groups excluding carboxylic acids is 3. The van der Waals surface area contributed by atoms with Gasteiger partial charge in [-0.1, -0.05) is 30.3 Å². The molecule has 0 fully saturated rings. The summed E-state index contributed by atoms with van der Waals surface area (Å²) in [6.07, 6.45) is 5.67. The van der Waals surface area contributed by atoms with Gasteiger partial charge in [0.15, 0.2) is 5.78 Å². The highest BCUT2D eigenvalue weighted by atomic mass is 16.6. The fraction of sp³-hybridized carbons (Fsp3) is 0. The van der Waals surface area contributed by atoms with E-state index in [-0.39, 0.29) is 22.7 Å². The molecule has 1 heterocycles. The minimum Gasteiger partial charge on any atom is -0.465 e. The normalized spacial score (nSPS) is 11.2. The van der Waals surface area contributed by atoms with Crippen LogP contribution in [-0.2, 0) is 4.79 Å². The van der Waals surface area contributed by atoms with Gasteiger partial charge in [0.1, 0.15) is 11.5 Å². The number of nitro benzene ring substituents is 1. The van der Waals surface area contributed by atoms with Crippen molar-refractivity contribution in [3.8, 4) is 0 Å². The smallest absolute Gasteiger partial charge is 0.276 e. The largest absolute Gasteiger partial charge is 0.465 e. The molecular formula is C29H21N3O6. The number of nitrogens with zero attached hydrogens (tertiary/aromatic N) is 1. The van der Waals surface area contributed by atoms with Gasteiger partial charge in [-0.25, -0.2) is 0 Å². The van der Waals surface area contributed by atoms with Crippen LogP contribution in [0.15, 0.2) is 113 Å². The van der Waals surface area contributed by atoms with Crippen molar-refractivity contribution in [1.82, 2.24) is 5.32 Å². The van der Waals surface area contributed by atoms with Gasteiger partial charge in [0.2, 0.25) is 0 Å². The van der Waals surface area contributed by atoms with Gasteiger partial charge in [0, 0.05) is 22.9 Å². The van der Waals surface area contributed by atoms with E-state index in [0.717, 1.165) is 0 Å². The number of para-hydroxylation sites is 1. The number of hydrogen-bond acceptors (Lipinski definition) is 6. The van der Waals surface area contributed by atoms with E-state index in [2.05, 4.69) is 10.6 Å². The lowest BCUT2D eigenvalue weighted by molar-refractivity contribution is -0.385. The Hall–Kier alpha value is -5.57. The third-order valence-electron chi connectivity index (χ3n) is 5.33. The Morgan fingerprint density at radius 1 is 0.816 bits per heavy atom. The molecule has 38 heavy (non-hydrogen) atoms. The Balaban J connectivity index is 1.55. The number of nitrogens with one attached hydrogen (secondary N) is 2. The van der Waals surface area contributed by atoms with E-state index in [1.165, 1.54) is 48.7 Å². The molecule has 9 nitrogen and oxygen atoms in total. The molecule has 0 radical (unpaired) electrons. The predicted octanol–water partition coefficient (Wildman–Crippen LogP) is 5.49. The molecule has 0 saturated carbocycles. The number of furan rings is 1. The Bertz CT molecular complexity index is 1520. The second-order valence-corrected chi connectivity index (χ2v) is 7.94. The van der Waals surface area contributed by atoms with Crippen LogP contribution in [0.25, 0.3) is 12.2 Å². The van der Waals surface area contributed by atoms with Crippen molar-refractivity contribution >= 4 is 41.1 Å². The van der Waals surface area contributed by atoms with Crippen molar-refractivity contribution in [1.29, 1.82) is 0 Å². The number of anilines is 1. The second-order valence-electron chi connectivity index (χ2n) is 7.94. The summed E-state index contributed by atoms with van der Waals surface area (Å²) in [4.78, 5) is 49.2. The van der Waals surface area contributed by atoms with Crippen molar-refractivity contribution in [2.75, 3.05) is 5.32 Å². The minimum atomic E-state index is -0.704. The van der Waals surface area contributed by atoms with Gasteiger partial charge in [-0.15, -0.1) is 0 Å². The van der Waals surface area contributed by atoms with E-state index >= 15 is 0 Å². The third kappa shape index (κ3) is 6.55. The topological polar surface area (TPSA) is 132 Å². The molecule has 188 valence electrons. The van der Waals surface area contributed by atoms with E-state index in [9.17, 15) is 24.5 Å². The summed E-state index contributed by atoms with van der Waals surface area (Å²) in [5.41, 5.74) is 0.759. The SMILES string of the molecule is O=C(Nc1ccc(C(=O)/C=C/c2ccco2)cc1)/C(=C/c1ccccc1[N+](=O)[O-])NC(=O)c1ccccc1. The van der Waals surface area contributed by atoms with E-state index in [1.807, 2.05) is 0 Å². The number of hydrogen-bond donors (Lipinski definition) is 2. The zero-order valence-corrected chi connectivity index (χ0v) is 19.9. The van der Waals surface area contributed by atoms with Gasteiger partial charge in [-0.05, 0) is 72.8 Å². The zero-order valence-electron chi connectivity index (χ0n) is 19.9. The number of rotatable bonds is 9. The molecule has 0 atom stereocenters. The maximum atomic E-state index is 13.2. The molecule has 0 aliphatic rings. The molecule has 4 aromatic rings. The van der Waals surface area contributed by atoms with Crippen LogP contribution in [-0.4, -0.2) is 22.5 Å². The molecule has 4 rings (SSSR count). The summed E-state index contributed by atoms with van der Waals surface area (Å²) in [6.45, 7) is 0. The van der Waals surface area contributed by atoms with E-state index < -0.39 is 16.7 Å². The van der Waals surface area contributed by atoms with Crippen LogP contribution in [0.5, 0.6) is 0 Å². The molecule has 9 heteroatoms. The van der Waals surface area contributed by atoms with Crippen LogP contribution in [0.2, 0.25) is 0 Å². The molecule has 0 aliphatic heterocycles. The fourth-order valence-corrected chi connectivity index (χ4v) is 3.43. The number of nitro groups is 1. The number of amides is 2. The Morgan fingerprint density at radius 2 is 1.53 bits per heavy atom. The van der Waals surface area contributed by atoms with Crippen LogP contribution in [0.3, 0.4) is 0 Å². The summed E-state index contributed by atoms with van der Waals surface area (Å²) in [6, 6.07) is 23.7. The van der Waals surface area contributed by atoms with Crippen LogP contribution in [0, 0.1) is 10.1 Å². The van der Waals surface area contributed by atoms with E-state index in [4.69, 9.17) is 4.42 Å². The lowest BCUT2D eigenvalue weighted by atomic mass is 10.1. The van der Waals surface area contributed by atoms with Gasteiger partial charge in [0.25, 0.3) is 17.5 Å². The first-order chi connectivity index (χ1) is 18.4. The molecular weight excluding hydrogens is 486 g/mol. The Labute approximate surface area is 217 Å². The van der Waals surface area contributed by atoms with Crippen molar-refractivity contribution in [2.24, 2.45) is 0 Å². The molecule has 0 unspecified atom stereocenters. The van der Waals surface area contributed by atoms with Gasteiger partial charge in [-0.2, -0.15) is 0 Å². The van der Waals surface area contributed by atoms with E-state index in [0.29, 0.717) is 22.6 Å². The summed E-state index contributed by atoms with van der Waals surface area (Å²) in [5, 5.41) is 16.7. The number of benzene rings is 3. The van der Waals surface area contributed by atoms with Crippen molar-refractivity contribution in [2.45, 2.75) is 0 Å². The first-order valence-electron chi connectivity index (χ1n) is 11.4. The molecule has 3 aromatic carbocycles. The Kier molecular flexibility index (Phi) is 8.00. The maximum Gasteiger partial charge on any atom is 0.276 e. The average molecular weight is 508 g/mol. The number of ketones is 1. The summed E-state index contributed by atoms with van der Waals surface area (Å²) in [5.74, 6) is -0.983. The molecule has 2 N–H and O–H groups in total. The summed E-state index contributed by atoms with van der Waals surface area (Å²) in [7, 11) is 0. The fourth-order valence-electron chi connectivity index (χ4n) is 3.43. The average Bonchev–Trinajstić information content (AvgIpc) is 3.46. The quantitative estimate of drug-likeness (QED) is 0.133. The number of carbonyl (C=O) groups is 3. The highest BCUT2D eigenvalue weighted by Gasteiger charge is 2.18. The summed E-state index contributed by atoms with van der Waals surface area (Å²) < 4.78 is 5.16. The molecule has 0 aliphatic carbocycles. The predicted molar refractivity (Wildman–Crippen MR) is 142 cm³/mol. The van der Waals surface area contributed by atoms with Gasteiger partial charge in [0.05, 0.1) is 16.7 Å². The minimum absolute atomic E-state index is 0.139. The summed E-state index contributed by atoms with van der Waals surface area (Å²) >= 11 is 0. The molecule has 1 aromatic heterocycles. The van der Waals surface area contributed by atoms with Crippen molar-refractivity contribution in [3.05, 3.63) is 142 Å². The van der Waals surface area contributed by atoms with Gasteiger partial charge in [-0.3, -0.25) is 24.5 Å². The standard InChI is InChI=1S/C29H21N3O6/c33-27(17-16-24-10-6-18-38-24)20-12-14-23(15-13-20)30-29(35)25(31-28(34)21-7-2-1-3-8-21)19-22-9-4-5-11-26(22)32(36)37/h1-19H,(H,30,35)(H,31,34)/b17-16+,25-19-. The molecule has 0 bridgehead atoms. The van der Waals surface area contributed by atoms with Crippen LogP contribution in [0.4, 0.5) is 11.4 Å². The highest BCUT2D eigenvalue weighted by molar-refractivity contribution is 6.11. The highest BCUT2D eigenvalue weighted by Crippen LogP contribution is 2.21. The monoisotopic (exact) mass is 507 g/mol. The van der Waals surface area contributed by atoms with Gasteiger partial charge >= 0.3 is 0 Å². The van der Waals surface area contributed by atoms with Crippen molar-refractivity contribution < 1.29 is 23.7 Å². The van der Waals surface area contributed by atoms with Crippen LogP contribution < -0.4 is 10.6 Å². The molecule has 2 amide bonds. The first kappa shape index (κ1) is 25.5. The zero-order chi connectivity index (χ0) is 26.9. The molecule has 0 spiro atoms. The third-order valence-corrected chi connectivity index (χ3v) is 5.33. The van der Waals surface area contributed by atoms with Gasteiger partial charge < -0.3 is 15.1 Å². The van der Waals surface area contributed by atoms with E-state index in [1.54, 1.807) is 66.7 Å². The maximum absolute atomic E-state index is 13.2. The molecule has 0 saturated heterocycles. The second kappa shape index (κ2) is 11.9. The number of allylic oxidation sites excluding steroid dienone is 1. The first-order valence-corrected chi connectivity index (χ1v) is 11.4. The Morgan fingerprint density at radius 3 is 2.21 bits per heavy atom. The van der Waals surface area contributed by atoms with Crippen molar-refractivity contribution in [3.63, 3.8) is 0 Å². The lowest BCUT2D eigenvalue weighted by Gasteiger charge is -2.12.